The lowest BCUT2D eigenvalue weighted by Crippen LogP contribution is -2.28. The number of aromatic nitrogens is 2. The van der Waals surface area contributed by atoms with Crippen molar-refractivity contribution in [1.29, 1.82) is 0 Å². The van der Waals surface area contributed by atoms with Gasteiger partial charge in [-0.1, -0.05) is 23.4 Å². The summed E-state index contributed by atoms with van der Waals surface area (Å²) < 4.78 is 10.8. The van der Waals surface area contributed by atoms with Gasteiger partial charge >= 0.3 is 0 Å². The van der Waals surface area contributed by atoms with Gasteiger partial charge in [0.15, 0.2) is 5.11 Å². The smallest absolute Gasteiger partial charge is 0.246 e. The Bertz CT molecular complexity index is 802. The van der Waals surface area contributed by atoms with Crippen LogP contribution in [-0.4, -0.2) is 21.9 Å². The third-order valence-electron chi connectivity index (χ3n) is 3.04. The SMILES string of the molecule is CCOc1ccccc1NC(=S)NCc1nc(-c2cccs2)no1. The summed E-state index contributed by atoms with van der Waals surface area (Å²) in [6.45, 7) is 2.88. The quantitative estimate of drug-likeness (QED) is 0.650. The Morgan fingerprint density at radius 1 is 1.29 bits per heavy atom. The van der Waals surface area contributed by atoms with Crippen LogP contribution in [0.3, 0.4) is 0 Å². The molecule has 124 valence electrons. The van der Waals surface area contributed by atoms with Crippen LogP contribution in [0.25, 0.3) is 10.7 Å². The molecule has 24 heavy (non-hydrogen) atoms. The summed E-state index contributed by atoms with van der Waals surface area (Å²) in [5.41, 5.74) is 0.807. The van der Waals surface area contributed by atoms with Gasteiger partial charge in [-0.15, -0.1) is 11.3 Å². The van der Waals surface area contributed by atoms with Crippen molar-refractivity contribution in [3.05, 3.63) is 47.7 Å². The molecule has 0 aliphatic carbocycles. The van der Waals surface area contributed by atoms with Gasteiger partial charge in [0.1, 0.15) is 5.75 Å². The number of para-hydroxylation sites is 2. The molecule has 0 aliphatic rings. The molecule has 0 atom stereocenters. The molecule has 0 radical (unpaired) electrons. The molecule has 2 N–H and O–H groups in total. The molecule has 6 nitrogen and oxygen atoms in total. The highest BCUT2D eigenvalue weighted by molar-refractivity contribution is 7.80. The van der Waals surface area contributed by atoms with Gasteiger partial charge < -0.3 is 19.9 Å². The van der Waals surface area contributed by atoms with Crippen molar-refractivity contribution in [2.45, 2.75) is 13.5 Å². The van der Waals surface area contributed by atoms with E-state index < -0.39 is 0 Å². The summed E-state index contributed by atoms with van der Waals surface area (Å²) in [6.07, 6.45) is 0. The number of anilines is 1. The van der Waals surface area contributed by atoms with Crippen LogP contribution in [0.15, 0.2) is 46.3 Å². The molecule has 0 aliphatic heterocycles. The van der Waals surface area contributed by atoms with Crippen molar-refractivity contribution < 1.29 is 9.26 Å². The molecule has 0 saturated heterocycles. The molecular formula is C16H16N4O2S2. The van der Waals surface area contributed by atoms with Gasteiger partial charge in [0, 0.05) is 0 Å². The zero-order valence-electron chi connectivity index (χ0n) is 13.0. The highest BCUT2D eigenvalue weighted by Crippen LogP contribution is 2.23. The number of rotatable bonds is 6. The fourth-order valence-corrected chi connectivity index (χ4v) is 2.84. The van der Waals surface area contributed by atoms with Gasteiger partial charge in [0.05, 0.1) is 23.7 Å². The van der Waals surface area contributed by atoms with E-state index in [-0.39, 0.29) is 0 Å². The molecule has 1 aromatic carbocycles. The Hall–Kier alpha value is -2.45. The number of nitrogens with one attached hydrogen (secondary N) is 2. The fraction of sp³-hybridized carbons (Fsp3) is 0.188. The maximum atomic E-state index is 5.56. The zero-order chi connectivity index (χ0) is 16.8. The van der Waals surface area contributed by atoms with Crippen LogP contribution < -0.4 is 15.4 Å². The molecule has 8 heteroatoms. The van der Waals surface area contributed by atoms with Crippen LogP contribution in [0.4, 0.5) is 5.69 Å². The lowest BCUT2D eigenvalue weighted by Gasteiger charge is -2.13. The number of ether oxygens (including phenoxy) is 1. The average molecular weight is 360 g/mol. The molecule has 2 heterocycles. The second-order valence-electron chi connectivity index (χ2n) is 4.73. The van der Waals surface area contributed by atoms with Gasteiger partial charge in [-0.05, 0) is 42.7 Å². The van der Waals surface area contributed by atoms with Crippen LogP contribution in [0.2, 0.25) is 0 Å². The average Bonchev–Trinajstić information content (AvgIpc) is 3.26. The number of hydrogen-bond acceptors (Lipinski definition) is 6. The number of thiophene rings is 1. The van der Waals surface area contributed by atoms with Crippen molar-refractivity contribution in [3.8, 4) is 16.5 Å². The minimum absolute atomic E-state index is 0.348. The van der Waals surface area contributed by atoms with E-state index in [1.807, 2.05) is 48.7 Å². The highest BCUT2D eigenvalue weighted by atomic mass is 32.1. The minimum atomic E-state index is 0.348. The van der Waals surface area contributed by atoms with Crippen molar-refractivity contribution >= 4 is 34.4 Å². The first-order valence-electron chi connectivity index (χ1n) is 7.39. The second kappa shape index (κ2) is 7.89. The standard InChI is InChI=1S/C16H16N4O2S2/c1-2-21-12-7-4-3-6-11(12)18-16(23)17-10-14-19-15(20-22-14)13-8-5-9-24-13/h3-9H,2,10H2,1H3,(H2,17,18,23). The molecule has 2 aromatic heterocycles. The Labute approximate surface area is 148 Å². The first kappa shape index (κ1) is 16.4. The van der Waals surface area contributed by atoms with Crippen molar-refractivity contribution in [2.75, 3.05) is 11.9 Å². The Morgan fingerprint density at radius 2 is 2.17 bits per heavy atom. The van der Waals surface area contributed by atoms with Crippen molar-refractivity contribution in [3.63, 3.8) is 0 Å². The van der Waals surface area contributed by atoms with Crippen molar-refractivity contribution in [2.24, 2.45) is 0 Å². The highest BCUT2D eigenvalue weighted by Gasteiger charge is 2.10. The first-order chi connectivity index (χ1) is 11.8. The topological polar surface area (TPSA) is 72.2 Å². The van der Waals surface area contributed by atoms with E-state index in [1.54, 1.807) is 11.3 Å². The van der Waals surface area contributed by atoms with E-state index in [9.17, 15) is 0 Å². The van der Waals surface area contributed by atoms with E-state index in [0.717, 1.165) is 16.3 Å². The summed E-state index contributed by atoms with van der Waals surface area (Å²) in [6, 6.07) is 11.5. The Morgan fingerprint density at radius 3 is 2.96 bits per heavy atom. The van der Waals surface area contributed by atoms with E-state index >= 15 is 0 Å². The van der Waals surface area contributed by atoms with Gasteiger partial charge in [-0.2, -0.15) is 4.98 Å². The first-order valence-corrected chi connectivity index (χ1v) is 8.68. The molecule has 0 spiro atoms. The molecule has 0 fully saturated rings. The van der Waals surface area contributed by atoms with E-state index in [0.29, 0.717) is 30.0 Å². The van der Waals surface area contributed by atoms with E-state index in [1.165, 1.54) is 0 Å². The number of thiocarbonyl (C=S) groups is 1. The fourth-order valence-electron chi connectivity index (χ4n) is 2.01. The molecular weight excluding hydrogens is 344 g/mol. The van der Waals surface area contributed by atoms with Gasteiger partial charge in [0.2, 0.25) is 11.7 Å². The molecule has 0 saturated carbocycles. The number of benzene rings is 1. The van der Waals surface area contributed by atoms with Crippen LogP contribution in [0.1, 0.15) is 12.8 Å². The summed E-state index contributed by atoms with van der Waals surface area (Å²) in [5, 5.41) is 12.5. The maximum Gasteiger partial charge on any atom is 0.246 e. The van der Waals surface area contributed by atoms with Crippen LogP contribution >= 0.6 is 23.6 Å². The summed E-state index contributed by atoms with van der Waals surface area (Å²) in [7, 11) is 0. The zero-order valence-corrected chi connectivity index (χ0v) is 14.6. The largest absolute Gasteiger partial charge is 0.492 e. The van der Waals surface area contributed by atoms with Crippen molar-refractivity contribution in [1.82, 2.24) is 15.5 Å². The second-order valence-corrected chi connectivity index (χ2v) is 6.08. The van der Waals surface area contributed by atoms with E-state index in [4.69, 9.17) is 21.5 Å². The lowest BCUT2D eigenvalue weighted by molar-refractivity contribution is 0.342. The normalized spacial score (nSPS) is 10.4. The predicted octanol–water partition coefficient (Wildman–Crippen LogP) is 3.68. The van der Waals surface area contributed by atoms with Gasteiger partial charge in [-0.3, -0.25) is 0 Å². The molecule has 0 bridgehead atoms. The molecule has 0 amide bonds. The Kier molecular flexibility index (Phi) is 5.39. The summed E-state index contributed by atoms with van der Waals surface area (Å²) in [4.78, 5) is 5.31. The minimum Gasteiger partial charge on any atom is -0.492 e. The number of hydrogen-bond donors (Lipinski definition) is 2. The van der Waals surface area contributed by atoms with Crippen LogP contribution in [0, 0.1) is 0 Å². The molecule has 3 rings (SSSR count). The number of nitrogens with zero attached hydrogens (tertiary/aromatic N) is 2. The predicted molar refractivity (Wildman–Crippen MR) is 98.3 cm³/mol. The third-order valence-corrected chi connectivity index (χ3v) is 4.16. The summed E-state index contributed by atoms with van der Waals surface area (Å²) in [5.74, 6) is 1.81. The summed E-state index contributed by atoms with van der Waals surface area (Å²) >= 11 is 6.86. The molecule has 3 aromatic rings. The van der Waals surface area contributed by atoms with Crippen LogP contribution in [0.5, 0.6) is 5.75 Å². The third kappa shape index (κ3) is 4.09. The van der Waals surface area contributed by atoms with Gasteiger partial charge in [-0.25, -0.2) is 0 Å². The monoisotopic (exact) mass is 360 g/mol. The molecule has 0 unspecified atom stereocenters. The van der Waals surface area contributed by atoms with Crippen LogP contribution in [-0.2, 0) is 6.54 Å². The Balaban J connectivity index is 1.56. The maximum absolute atomic E-state index is 5.56. The van der Waals surface area contributed by atoms with Gasteiger partial charge in [0.25, 0.3) is 0 Å². The lowest BCUT2D eigenvalue weighted by atomic mass is 10.3. The van der Waals surface area contributed by atoms with E-state index in [2.05, 4.69) is 20.8 Å².